The van der Waals surface area contributed by atoms with Crippen molar-refractivity contribution >= 4 is 44.6 Å². The van der Waals surface area contributed by atoms with Gasteiger partial charge in [0.05, 0.1) is 18.9 Å². The molecule has 0 bridgehead atoms. The molecule has 0 spiro atoms. The third kappa shape index (κ3) is 8.51. The smallest absolute Gasteiger partial charge is 0.410 e. The number of methoxy groups -OCH3 is 1. The van der Waals surface area contributed by atoms with Crippen LogP contribution in [0.2, 0.25) is 0 Å². The molecule has 1 aromatic carbocycles. The van der Waals surface area contributed by atoms with E-state index in [1.807, 2.05) is 32.0 Å². The molecule has 5 rings (SSSR count). The van der Waals surface area contributed by atoms with Crippen LogP contribution in [0.3, 0.4) is 0 Å². The van der Waals surface area contributed by atoms with E-state index >= 15 is 0 Å². The fourth-order valence-electron chi connectivity index (χ4n) is 6.22. The number of pyridine rings is 1. The molecule has 4 amide bonds. The van der Waals surface area contributed by atoms with Gasteiger partial charge in [-0.15, -0.1) is 6.58 Å². The number of likely N-dealkylation sites (N-methyl/N-ethyl adjacent to an activating group) is 1. The number of carbonyl (C=O) groups excluding carboxylic acids is 4. The zero-order valence-electron chi connectivity index (χ0n) is 30.7. The van der Waals surface area contributed by atoms with Crippen LogP contribution in [-0.4, -0.2) is 102 Å². The van der Waals surface area contributed by atoms with Crippen LogP contribution in [0.5, 0.6) is 11.6 Å². The number of sulfonamides is 1. The predicted molar refractivity (Wildman–Crippen MR) is 194 cm³/mol. The minimum Gasteiger partial charge on any atom is -0.497 e. The second kappa shape index (κ2) is 14.8. The summed E-state index contributed by atoms with van der Waals surface area (Å²) < 4.78 is 44.8. The van der Waals surface area contributed by atoms with Gasteiger partial charge in [0, 0.05) is 31.0 Å². The van der Waals surface area contributed by atoms with E-state index in [0.717, 1.165) is 5.39 Å². The van der Waals surface area contributed by atoms with Crippen LogP contribution in [0.15, 0.2) is 55.3 Å². The van der Waals surface area contributed by atoms with E-state index in [0.29, 0.717) is 24.0 Å². The third-order valence-corrected chi connectivity index (χ3v) is 11.2. The van der Waals surface area contributed by atoms with Crippen molar-refractivity contribution in [2.24, 2.45) is 11.8 Å². The quantitative estimate of drug-likeness (QED) is 0.289. The summed E-state index contributed by atoms with van der Waals surface area (Å²) in [5, 5.41) is 3.64. The van der Waals surface area contributed by atoms with Crippen molar-refractivity contribution in [1.29, 1.82) is 0 Å². The second-order valence-electron chi connectivity index (χ2n) is 15.0. The van der Waals surface area contributed by atoms with E-state index in [1.165, 1.54) is 22.9 Å². The molecular weight excluding hydrogens is 691 g/mol. The molecule has 2 N–H and O–H groups in total. The summed E-state index contributed by atoms with van der Waals surface area (Å²) in [6.45, 7) is 12.7. The maximum atomic E-state index is 14.6. The Bertz CT molecular complexity index is 1870. The third-order valence-electron chi connectivity index (χ3n) is 9.34. The van der Waals surface area contributed by atoms with E-state index in [1.54, 1.807) is 52.3 Å². The average molecular weight is 740 g/mol. The lowest BCUT2D eigenvalue weighted by atomic mass is 10.1. The highest BCUT2D eigenvalue weighted by Gasteiger charge is 2.62. The molecule has 1 aromatic heterocycles. The molecule has 3 aliphatic rings. The minimum atomic E-state index is -3.90. The average Bonchev–Trinajstić information content (AvgIpc) is 4.00. The molecule has 3 fully saturated rings. The number of ether oxygens (including phenoxy) is 3. The fraction of sp³-hybridized carbons (Fsp3) is 0.541. The highest BCUT2D eigenvalue weighted by Crippen LogP contribution is 2.45. The Labute approximate surface area is 305 Å². The summed E-state index contributed by atoms with van der Waals surface area (Å²) >= 11 is 0. The number of amides is 4. The van der Waals surface area contributed by atoms with Gasteiger partial charge in [0.1, 0.15) is 35.1 Å². The molecule has 14 nitrogen and oxygen atoms in total. The summed E-state index contributed by atoms with van der Waals surface area (Å²) in [6, 6.07) is 4.91. The van der Waals surface area contributed by atoms with E-state index in [9.17, 15) is 27.6 Å². The SMILES string of the molecule is C=C[C@@H]1C[C@]1(NC(=O)[C@@H]1C[C@@H](Oc2nccc3cc(OC)ccc23)CN1C(=O)C(/C=C/C(C)C)N(C)C(=O)OC(C)(C)C)C(=O)NS(=O)(=O)C1CC1. The Morgan fingerprint density at radius 2 is 1.85 bits per heavy atom. The molecule has 2 saturated carbocycles. The first-order chi connectivity index (χ1) is 24.4. The molecule has 2 aromatic rings. The van der Waals surface area contributed by atoms with Crippen molar-refractivity contribution in [3.8, 4) is 11.6 Å². The second-order valence-corrected chi connectivity index (χ2v) is 17.0. The first-order valence-electron chi connectivity index (χ1n) is 17.4. The molecule has 282 valence electrons. The van der Waals surface area contributed by atoms with Crippen LogP contribution in [-0.2, 0) is 29.1 Å². The highest BCUT2D eigenvalue weighted by atomic mass is 32.2. The van der Waals surface area contributed by atoms with Crippen molar-refractivity contribution in [3.63, 3.8) is 0 Å². The zero-order chi connectivity index (χ0) is 38.2. The minimum absolute atomic E-state index is 0.0133. The summed E-state index contributed by atoms with van der Waals surface area (Å²) in [7, 11) is -0.884. The van der Waals surface area contributed by atoms with Crippen LogP contribution < -0.4 is 19.5 Å². The number of benzene rings is 1. The molecule has 52 heavy (non-hydrogen) atoms. The molecular formula is C37H49N5O9S. The van der Waals surface area contributed by atoms with E-state index in [-0.39, 0.29) is 31.2 Å². The first kappa shape index (κ1) is 38.6. The van der Waals surface area contributed by atoms with Gasteiger partial charge in [-0.25, -0.2) is 18.2 Å². The first-order valence-corrected chi connectivity index (χ1v) is 19.0. The van der Waals surface area contributed by atoms with Gasteiger partial charge in [-0.3, -0.25) is 24.0 Å². The van der Waals surface area contributed by atoms with Crippen molar-refractivity contribution in [3.05, 3.63) is 55.3 Å². The van der Waals surface area contributed by atoms with E-state index in [4.69, 9.17) is 14.2 Å². The number of hydrogen-bond acceptors (Lipinski definition) is 10. The van der Waals surface area contributed by atoms with Gasteiger partial charge < -0.3 is 24.4 Å². The monoisotopic (exact) mass is 739 g/mol. The van der Waals surface area contributed by atoms with Gasteiger partial charge in [0.25, 0.3) is 5.91 Å². The summed E-state index contributed by atoms with van der Waals surface area (Å²) in [6.07, 6.45) is 6.07. The summed E-state index contributed by atoms with van der Waals surface area (Å²) in [5.74, 6) is -1.66. The number of likely N-dealkylation sites (tertiary alicyclic amines) is 1. The lowest BCUT2D eigenvalue weighted by Gasteiger charge is -2.33. The highest BCUT2D eigenvalue weighted by molar-refractivity contribution is 7.91. The number of carbonyl (C=O) groups is 4. The van der Waals surface area contributed by atoms with Gasteiger partial charge in [-0.05, 0) is 75.6 Å². The Balaban J connectivity index is 1.47. The normalized spacial score (nSPS) is 23.6. The van der Waals surface area contributed by atoms with E-state index < -0.39 is 74.3 Å². The number of rotatable bonds is 13. The molecule has 1 aliphatic heterocycles. The fourth-order valence-corrected chi connectivity index (χ4v) is 7.59. The van der Waals surface area contributed by atoms with Crippen LogP contribution >= 0.6 is 0 Å². The van der Waals surface area contributed by atoms with Crippen LogP contribution in [0, 0.1) is 11.8 Å². The van der Waals surface area contributed by atoms with Crippen molar-refractivity contribution in [2.45, 2.75) is 94.9 Å². The van der Waals surface area contributed by atoms with E-state index in [2.05, 4.69) is 21.6 Å². The molecule has 15 heteroatoms. The topological polar surface area (TPSA) is 174 Å². The number of allylic oxidation sites excluding steroid dienone is 1. The Kier molecular flexibility index (Phi) is 10.9. The molecule has 1 saturated heterocycles. The molecule has 2 aliphatic carbocycles. The molecule has 2 heterocycles. The Hall–Kier alpha value is -4.66. The number of aromatic nitrogens is 1. The number of fused-ring (bicyclic) bond motifs is 1. The van der Waals surface area contributed by atoms with Gasteiger partial charge in [-0.2, -0.15) is 0 Å². The van der Waals surface area contributed by atoms with Crippen molar-refractivity contribution < 1.29 is 41.8 Å². The maximum Gasteiger partial charge on any atom is 0.410 e. The Morgan fingerprint density at radius 3 is 2.44 bits per heavy atom. The number of nitrogens with zero attached hydrogens (tertiary/aromatic N) is 3. The van der Waals surface area contributed by atoms with Gasteiger partial charge in [-0.1, -0.05) is 32.1 Å². The van der Waals surface area contributed by atoms with Crippen molar-refractivity contribution in [2.75, 3.05) is 20.7 Å². The summed E-state index contributed by atoms with van der Waals surface area (Å²) in [4.78, 5) is 62.5. The predicted octanol–water partition coefficient (Wildman–Crippen LogP) is 3.71. The van der Waals surface area contributed by atoms with Crippen LogP contribution in [0.25, 0.3) is 10.8 Å². The molecule has 5 atom stereocenters. The van der Waals surface area contributed by atoms with Crippen LogP contribution in [0.1, 0.15) is 60.3 Å². The molecule has 0 radical (unpaired) electrons. The lowest BCUT2D eigenvalue weighted by molar-refractivity contribution is -0.142. The number of nitrogens with one attached hydrogen (secondary N) is 2. The Morgan fingerprint density at radius 1 is 1.13 bits per heavy atom. The standard InChI is InChI=1S/C37H49N5O9S/c1-9-24-20-37(24,34(45)40-52(47,48)27-12-13-27)39-31(43)30-19-26(50-32-28-14-11-25(49-8)18-23(28)16-17-38-32)21-42(30)33(44)29(15-10-22(2)3)41(7)35(46)51-36(4,5)6/h9-11,14-18,22,24,26-27,29-30H,1,12-13,19-21H2,2-8H3,(H,39,43)(H,40,45)/b15-10+/t24-,26-,29?,30+,37-/m1/s1. The molecule has 1 unspecified atom stereocenters. The number of hydrogen-bond donors (Lipinski definition) is 2. The summed E-state index contributed by atoms with van der Waals surface area (Å²) in [5.41, 5.74) is -2.39. The van der Waals surface area contributed by atoms with Gasteiger partial charge in [0.2, 0.25) is 27.7 Å². The van der Waals surface area contributed by atoms with Crippen molar-refractivity contribution in [1.82, 2.24) is 24.8 Å². The maximum absolute atomic E-state index is 14.6. The van der Waals surface area contributed by atoms with Gasteiger partial charge >= 0.3 is 6.09 Å². The van der Waals surface area contributed by atoms with Gasteiger partial charge in [0.15, 0.2) is 0 Å². The largest absolute Gasteiger partial charge is 0.497 e. The van der Waals surface area contributed by atoms with Crippen LogP contribution in [0.4, 0.5) is 4.79 Å². The zero-order valence-corrected chi connectivity index (χ0v) is 31.6. The lowest BCUT2D eigenvalue weighted by Crippen LogP contribution is -2.58.